The van der Waals surface area contributed by atoms with E-state index in [9.17, 15) is 13.2 Å². The Morgan fingerprint density at radius 3 is 2.57 bits per heavy atom. The maximum absolute atomic E-state index is 13.7. The molecule has 0 aliphatic heterocycles. The van der Waals surface area contributed by atoms with Gasteiger partial charge in [-0.1, -0.05) is 25.4 Å². The summed E-state index contributed by atoms with van der Waals surface area (Å²) in [6.45, 7) is 8.32. The van der Waals surface area contributed by atoms with E-state index >= 15 is 0 Å². The number of benzene rings is 2. The molecule has 0 bridgehead atoms. The van der Waals surface area contributed by atoms with Crippen molar-refractivity contribution in [3.05, 3.63) is 52.5 Å². The van der Waals surface area contributed by atoms with Crippen LogP contribution in [0.1, 0.15) is 31.4 Å². The second-order valence-corrected chi connectivity index (χ2v) is 13.5. The van der Waals surface area contributed by atoms with Gasteiger partial charge in [0, 0.05) is 33.5 Å². The molecule has 1 aromatic heterocycles. The molecule has 0 saturated carbocycles. The van der Waals surface area contributed by atoms with Crippen LogP contribution in [0.2, 0.25) is 5.02 Å². The fraction of sp³-hybridized carbons (Fsp3) is 0.400. The van der Waals surface area contributed by atoms with Crippen molar-refractivity contribution in [3.63, 3.8) is 0 Å². The van der Waals surface area contributed by atoms with Crippen molar-refractivity contribution in [2.45, 2.75) is 43.2 Å². The molecule has 3 rings (SSSR count). The van der Waals surface area contributed by atoms with E-state index in [1.807, 2.05) is 38.1 Å². The van der Waals surface area contributed by atoms with Crippen molar-refractivity contribution in [2.24, 2.45) is 5.92 Å². The number of hydrogen-bond donors (Lipinski definition) is 1. The SMILES string of the molecule is Cc1cc(SCCN(CCC(C)C)S(=O)(=O)c2sc3ccc(Cl)cc3c2C)ccc1OCC(=O)O. The predicted molar refractivity (Wildman–Crippen MR) is 145 cm³/mol. The minimum Gasteiger partial charge on any atom is -0.482 e. The van der Waals surface area contributed by atoms with Crippen LogP contribution in [0, 0.1) is 19.8 Å². The predicted octanol–water partition coefficient (Wildman–Crippen LogP) is 6.46. The largest absolute Gasteiger partial charge is 0.482 e. The van der Waals surface area contributed by atoms with E-state index in [1.165, 1.54) is 11.3 Å². The normalized spacial score (nSPS) is 12.1. The zero-order chi connectivity index (χ0) is 25.8. The maximum Gasteiger partial charge on any atom is 0.341 e. The Kier molecular flexibility index (Phi) is 9.51. The molecule has 0 aliphatic rings. The van der Waals surface area contributed by atoms with Gasteiger partial charge in [0.05, 0.1) is 0 Å². The molecule has 0 unspecified atom stereocenters. The average Bonchev–Trinajstić information content (AvgIpc) is 3.11. The summed E-state index contributed by atoms with van der Waals surface area (Å²) in [7, 11) is -3.67. The van der Waals surface area contributed by atoms with Gasteiger partial charge in [-0.2, -0.15) is 4.31 Å². The molecule has 0 radical (unpaired) electrons. The molecule has 1 heterocycles. The van der Waals surface area contributed by atoms with Gasteiger partial charge in [0.1, 0.15) is 9.96 Å². The lowest BCUT2D eigenvalue weighted by molar-refractivity contribution is -0.139. The van der Waals surface area contributed by atoms with E-state index < -0.39 is 16.0 Å². The molecule has 6 nitrogen and oxygen atoms in total. The highest BCUT2D eigenvalue weighted by Gasteiger charge is 2.29. The molecule has 3 aromatic rings. The number of sulfonamides is 1. The Bertz CT molecular complexity index is 1300. The van der Waals surface area contributed by atoms with Gasteiger partial charge < -0.3 is 9.84 Å². The second kappa shape index (κ2) is 12.0. The lowest BCUT2D eigenvalue weighted by Crippen LogP contribution is -2.34. The summed E-state index contributed by atoms with van der Waals surface area (Å²) < 4.78 is 35.6. The molecule has 0 fully saturated rings. The zero-order valence-corrected chi connectivity index (χ0v) is 23.4. The topological polar surface area (TPSA) is 83.9 Å². The number of thiophene rings is 1. The first-order valence-corrected chi connectivity index (χ1v) is 14.9. The minimum absolute atomic E-state index is 0.374. The number of aliphatic carboxylic acids is 1. The van der Waals surface area contributed by atoms with Gasteiger partial charge in [0.2, 0.25) is 0 Å². The maximum atomic E-state index is 13.7. The minimum atomic E-state index is -3.67. The van der Waals surface area contributed by atoms with Crippen molar-refractivity contribution in [3.8, 4) is 5.75 Å². The Hall–Kier alpha value is -1.78. The number of halogens is 1. The molecule has 190 valence electrons. The highest BCUT2D eigenvalue weighted by molar-refractivity contribution is 7.99. The fourth-order valence-electron chi connectivity index (χ4n) is 3.57. The Labute approximate surface area is 220 Å². The lowest BCUT2D eigenvalue weighted by Gasteiger charge is -2.23. The summed E-state index contributed by atoms with van der Waals surface area (Å²) in [5, 5.41) is 10.3. The summed E-state index contributed by atoms with van der Waals surface area (Å²) in [4.78, 5) is 11.7. The molecule has 35 heavy (non-hydrogen) atoms. The van der Waals surface area contributed by atoms with Crippen LogP contribution < -0.4 is 4.74 Å². The molecular weight excluding hydrogens is 526 g/mol. The van der Waals surface area contributed by atoms with Gasteiger partial charge >= 0.3 is 5.97 Å². The molecular formula is C25H30ClNO5S3. The van der Waals surface area contributed by atoms with Gasteiger partial charge in [-0.15, -0.1) is 23.1 Å². The van der Waals surface area contributed by atoms with Crippen LogP contribution in [0.5, 0.6) is 5.75 Å². The third-order valence-electron chi connectivity index (χ3n) is 5.49. The highest BCUT2D eigenvalue weighted by Crippen LogP contribution is 2.37. The first kappa shape index (κ1) is 27.8. The number of fused-ring (bicyclic) bond motifs is 1. The summed E-state index contributed by atoms with van der Waals surface area (Å²) in [6.07, 6.45) is 0.772. The number of rotatable bonds is 12. The summed E-state index contributed by atoms with van der Waals surface area (Å²) in [5.74, 6) is 0.464. The average molecular weight is 556 g/mol. The fourth-order valence-corrected chi connectivity index (χ4v) is 8.16. The van der Waals surface area contributed by atoms with E-state index in [2.05, 4.69) is 13.8 Å². The zero-order valence-electron chi connectivity index (χ0n) is 20.2. The first-order valence-electron chi connectivity index (χ1n) is 11.3. The number of carboxylic acids is 1. The Morgan fingerprint density at radius 2 is 1.91 bits per heavy atom. The number of nitrogens with zero attached hydrogens (tertiary/aromatic N) is 1. The van der Waals surface area contributed by atoms with Crippen LogP contribution in [0.3, 0.4) is 0 Å². The molecule has 0 atom stereocenters. The van der Waals surface area contributed by atoms with Crippen LogP contribution in [-0.2, 0) is 14.8 Å². The van der Waals surface area contributed by atoms with Crippen molar-refractivity contribution < 1.29 is 23.1 Å². The first-order chi connectivity index (χ1) is 16.5. The van der Waals surface area contributed by atoms with Crippen LogP contribution >= 0.6 is 34.7 Å². The number of carboxylic acid groups (broad SMARTS) is 1. The van der Waals surface area contributed by atoms with Crippen molar-refractivity contribution >= 4 is 60.8 Å². The van der Waals surface area contributed by atoms with Crippen molar-refractivity contribution in [1.82, 2.24) is 4.31 Å². The van der Waals surface area contributed by atoms with Crippen molar-refractivity contribution in [1.29, 1.82) is 0 Å². The molecule has 2 aromatic carbocycles. The van der Waals surface area contributed by atoms with E-state index in [4.69, 9.17) is 21.4 Å². The monoisotopic (exact) mass is 555 g/mol. The van der Waals surface area contributed by atoms with Gasteiger partial charge in [-0.25, -0.2) is 13.2 Å². The summed E-state index contributed by atoms with van der Waals surface area (Å²) >= 11 is 9.00. The van der Waals surface area contributed by atoms with E-state index in [1.54, 1.807) is 28.2 Å². The number of thioether (sulfide) groups is 1. The van der Waals surface area contributed by atoms with Gasteiger partial charge in [0.15, 0.2) is 6.61 Å². The quantitative estimate of drug-likeness (QED) is 0.258. The summed E-state index contributed by atoms with van der Waals surface area (Å²) in [5.41, 5.74) is 1.57. The Balaban J connectivity index is 1.76. The molecule has 0 saturated heterocycles. The Morgan fingerprint density at radius 1 is 1.17 bits per heavy atom. The number of hydrogen-bond acceptors (Lipinski definition) is 6. The summed E-state index contributed by atoms with van der Waals surface area (Å²) in [6, 6.07) is 11.0. The van der Waals surface area contributed by atoms with Crippen LogP contribution in [0.15, 0.2) is 45.5 Å². The van der Waals surface area contributed by atoms with Crippen LogP contribution in [0.25, 0.3) is 10.1 Å². The van der Waals surface area contributed by atoms with Gasteiger partial charge in [-0.05, 0) is 79.1 Å². The number of carbonyl (C=O) groups is 1. The molecule has 0 amide bonds. The van der Waals surface area contributed by atoms with E-state index in [-0.39, 0.29) is 6.61 Å². The smallest absolute Gasteiger partial charge is 0.341 e. The van der Waals surface area contributed by atoms with Gasteiger partial charge in [0.25, 0.3) is 10.0 Å². The molecule has 0 aliphatic carbocycles. The second-order valence-electron chi connectivity index (χ2n) is 8.70. The molecule has 10 heteroatoms. The lowest BCUT2D eigenvalue weighted by atomic mass is 10.1. The van der Waals surface area contributed by atoms with Crippen LogP contribution in [-0.4, -0.2) is 49.2 Å². The van der Waals surface area contributed by atoms with E-state index in [0.29, 0.717) is 39.7 Å². The third kappa shape index (κ3) is 7.13. The molecule has 0 spiro atoms. The van der Waals surface area contributed by atoms with Crippen molar-refractivity contribution in [2.75, 3.05) is 25.4 Å². The van der Waals surface area contributed by atoms with Crippen LogP contribution in [0.4, 0.5) is 0 Å². The van der Waals surface area contributed by atoms with Gasteiger partial charge in [-0.3, -0.25) is 0 Å². The molecule has 1 N–H and O–H groups in total. The number of ether oxygens (including phenoxy) is 1. The van der Waals surface area contributed by atoms with E-state index in [0.717, 1.165) is 32.5 Å². The standard InChI is InChI=1S/C25H30ClNO5S3/c1-16(2)9-10-27(11-12-33-20-6-7-22(17(3)13-20)32-15-24(28)29)35(30,31)25-18(4)21-14-19(26)5-8-23(21)34-25/h5-8,13-14,16H,9-12,15H2,1-4H3,(H,28,29). The number of aryl methyl sites for hydroxylation is 2. The highest BCUT2D eigenvalue weighted by atomic mass is 35.5. The third-order valence-corrected chi connectivity index (χ3v) is 10.5.